The lowest BCUT2D eigenvalue weighted by Crippen LogP contribution is -2.52. The lowest BCUT2D eigenvalue weighted by atomic mass is 9.99. The van der Waals surface area contributed by atoms with Gasteiger partial charge in [-0.05, 0) is 74.3 Å². The molecule has 4 rings (SSSR count). The summed E-state index contributed by atoms with van der Waals surface area (Å²) >= 11 is 0. The summed E-state index contributed by atoms with van der Waals surface area (Å²) in [6, 6.07) is 14.3. The van der Waals surface area contributed by atoms with Crippen molar-refractivity contribution in [2.24, 2.45) is 10.7 Å². The van der Waals surface area contributed by atoms with Crippen LogP contribution in [0.15, 0.2) is 65.4 Å². The van der Waals surface area contributed by atoms with Gasteiger partial charge in [0.1, 0.15) is 11.6 Å². The number of hydrogen-bond acceptors (Lipinski definition) is 5. The number of rotatable bonds is 7. The van der Waals surface area contributed by atoms with E-state index >= 15 is 0 Å². The number of allylic oxidation sites excluding steroid dienone is 1. The van der Waals surface area contributed by atoms with E-state index in [4.69, 9.17) is 5.73 Å². The van der Waals surface area contributed by atoms with Crippen LogP contribution < -0.4 is 16.4 Å². The number of likely N-dealkylation sites (tertiary alicyclic amines) is 1. The Morgan fingerprint density at radius 2 is 1.83 bits per heavy atom. The average molecular weight is 408 g/mol. The molecule has 0 saturated carbocycles. The molecule has 6 heteroatoms. The van der Waals surface area contributed by atoms with E-state index in [2.05, 4.69) is 20.5 Å². The summed E-state index contributed by atoms with van der Waals surface area (Å²) in [6.45, 7) is 4.45. The molecule has 0 aliphatic carbocycles. The first kappa shape index (κ1) is 20.6. The number of nitrogens with zero attached hydrogens (tertiary/aromatic N) is 2. The van der Waals surface area contributed by atoms with Gasteiger partial charge in [-0.3, -0.25) is 5.73 Å². The van der Waals surface area contributed by atoms with Gasteiger partial charge in [-0.15, -0.1) is 0 Å². The SMILES string of the molecule is NC1(c2cccc(-c3cccc(F)c3)c2)N=CC=C(NCCCN2CCCCC2)N1. The first-order valence-corrected chi connectivity index (χ1v) is 10.8. The molecule has 1 atom stereocenters. The van der Waals surface area contributed by atoms with Gasteiger partial charge < -0.3 is 15.5 Å². The smallest absolute Gasteiger partial charge is 0.210 e. The van der Waals surface area contributed by atoms with E-state index in [1.807, 2.05) is 36.4 Å². The van der Waals surface area contributed by atoms with Crippen LogP contribution in [-0.4, -0.2) is 37.3 Å². The monoisotopic (exact) mass is 407 g/mol. The lowest BCUT2D eigenvalue weighted by molar-refractivity contribution is 0.226. The minimum Gasteiger partial charge on any atom is -0.372 e. The second-order valence-electron chi connectivity index (χ2n) is 8.02. The van der Waals surface area contributed by atoms with Gasteiger partial charge >= 0.3 is 0 Å². The standard InChI is InChI=1S/C24H30FN5/c25-22-10-5-8-20(18-22)19-7-4-9-21(17-19)24(26)28-13-11-23(29-24)27-12-6-16-30-14-2-1-3-15-30/h4-5,7-11,13,17-18,27,29H,1-3,6,12,14-16,26H2. The Balaban J connectivity index is 1.37. The molecule has 2 aromatic rings. The number of halogens is 1. The van der Waals surface area contributed by atoms with Gasteiger partial charge in [-0.25, -0.2) is 9.38 Å². The molecule has 2 aliphatic heterocycles. The maximum Gasteiger partial charge on any atom is 0.210 e. The third-order valence-corrected chi connectivity index (χ3v) is 5.72. The third-order valence-electron chi connectivity index (χ3n) is 5.72. The van der Waals surface area contributed by atoms with Gasteiger partial charge in [0.25, 0.3) is 0 Å². The molecule has 2 aliphatic rings. The van der Waals surface area contributed by atoms with E-state index < -0.39 is 5.79 Å². The van der Waals surface area contributed by atoms with E-state index in [1.165, 1.54) is 44.5 Å². The molecule has 30 heavy (non-hydrogen) atoms. The van der Waals surface area contributed by atoms with Crippen molar-refractivity contribution in [3.63, 3.8) is 0 Å². The summed E-state index contributed by atoms with van der Waals surface area (Å²) < 4.78 is 13.6. The van der Waals surface area contributed by atoms with Crippen LogP contribution in [0.5, 0.6) is 0 Å². The molecule has 0 spiro atoms. The Hall–Kier alpha value is -2.70. The minimum atomic E-state index is -1.06. The zero-order chi connectivity index (χ0) is 20.8. The Labute approximate surface area is 177 Å². The quantitative estimate of drug-likeness (QED) is 0.614. The van der Waals surface area contributed by atoms with Crippen molar-refractivity contribution in [1.29, 1.82) is 0 Å². The molecule has 1 saturated heterocycles. The fraction of sp³-hybridized carbons (Fsp3) is 0.375. The van der Waals surface area contributed by atoms with Crippen LogP contribution in [0, 0.1) is 5.82 Å². The molecule has 0 bridgehead atoms. The van der Waals surface area contributed by atoms with Gasteiger partial charge in [0.2, 0.25) is 5.79 Å². The predicted octanol–water partition coefficient (Wildman–Crippen LogP) is 3.54. The van der Waals surface area contributed by atoms with E-state index in [1.54, 1.807) is 12.3 Å². The maximum absolute atomic E-state index is 13.6. The summed E-state index contributed by atoms with van der Waals surface area (Å²) in [6.07, 6.45) is 8.73. The largest absolute Gasteiger partial charge is 0.372 e. The molecule has 0 radical (unpaired) electrons. The molecule has 1 unspecified atom stereocenters. The van der Waals surface area contributed by atoms with E-state index in [0.717, 1.165) is 42.0 Å². The number of hydrogen-bond donors (Lipinski definition) is 3. The molecule has 2 aromatic carbocycles. The molecule has 2 heterocycles. The van der Waals surface area contributed by atoms with Crippen LogP contribution in [0.1, 0.15) is 31.2 Å². The molecule has 158 valence electrons. The summed E-state index contributed by atoms with van der Waals surface area (Å²) in [5, 5.41) is 6.76. The van der Waals surface area contributed by atoms with Crippen molar-refractivity contribution < 1.29 is 4.39 Å². The number of nitrogens with one attached hydrogen (secondary N) is 2. The van der Waals surface area contributed by atoms with Crippen LogP contribution >= 0.6 is 0 Å². The fourth-order valence-corrected chi connectivity index (χ4v) is 4.07. The summed E-state index contributed by atoms with van der Waals surface area (Å²) in [7, 11) is 0. The average Bonchev–Trinajstić information content (AvgIpc) is 2.78. The van der Waals surface area contributed by atoms with Gasteiger partial charge in [0.05, 0.1) is 0 Å². The van der Waals surface area contributed by atoms with Crippen molar-refractivity contribution >= 4 is 6.21 Å². The van der Waals surface area contributed by atoms with Crippen molar-refractivity contribution in [2.45, 2.75) is 31.5 Å². The van der Waals surface area contributed by atoms with Crippen molar-refractivity contribution in [3.8, 4) is 11.1 Å². The molecule has 4 N–H and O–H groups in total. The van der Waals surface area contributed by atoms with Crippen LogP contribution in [0.4, 0.5) is 4.39 Å². The molecule has 5 nitrogen and oxygen atoms in total. The van der Waals surface area contributed by atoms with Crippen LogP contribution in [0.25, 0.3) is 11.1 Å². The Kier molecular flexibility index (Phi) is 6.45. The number of benzene rings is 2. The molecular formula is C24H30FN5. The highest BCUT2D eigenvalue weighted by Crippen LogP contribution is 2.26. The zero-order valence-electron chi connectivity index (χ0n) is 17.3. The first-order chi connectivity index (χ1) is 14.6. The second kappa shape index (κ2) is 9.41. The van der Waals surface area contributed by atoms with Crippen molar-refractivity contribution in [2.75, 3.05) is 26.2 Å². The highest BCUT2D eigenvalue weighted by atomic mass is 19.1. The van der Waals surface area contributed by atoms with Crippen LogP contribution in [-0.2, 0) is 5.79 Å². The number of aliphatic imine (C=N–C) groups is 1. The van der Waals surface area contributed by atoms with Crippen molar-refractivity contribution in [3.05, 3.63) is 71.8 Å². The number of piperidine rings is 1. The topological polar surface area (TPSA) is 65.7 Å². The highest BCUT2D eigenvalue weighted by molar-refractivity contribution is 5.74. The normalized spacial score (nSPS) is 21.7. The zero-order valence-corrected chi connectivity index (χ0v) is 17.3. The minimum absolute atomic E-state index is 0.256. The van der Waals surface area contributed by atoms with Crippen LogP contribution in [0.3, 0.4) is 0 Å². The van der Waals surface area contributed by atoms with Crippen molar-refractivity contribution in [1.82, 2.24) is 15.5 Å². The molecular weight excluding hydrogens is 377 g/mol. The Bertz CT molecular complexity index is 919. The second-order valence-corrected chi connectivity index (χ2v) is 8.02. The third kappa shape index (κ3) is 5.07. The lowest BCUT2D eigenvalue weighted by Gasteiger charge is -2.32. The van der Waals surface area contributed by atoms with E-state index in [-0.39, 0.29) is 5.82 Å². The summed E-state index contributed by atoms with van der Waals surface area (Å²) in [4.78, 5) is 7.02. The predicted molar refractivity (Wildman–Crippen MR) is 120 cm³/mol. The highest BCUT2D eigenvalue weighted by Gasteiger charge is 2.28. The van der Waals surface area contributed by atoms with Gasteiger partial charge in [0, 0.05) is 18.3 Å². The molecule has 0 aromatic heterocycles. The van der Waals surface area contributed by atoms with Crippen LogP contribution in [0.2, 0.25) is 0 Å². The molecule has 1 fully saturated rings. The first-order valence-electron chi connectivity index (χ1n) is 10.8. The van der Waals surface area contributed by atoms with Gasteiger partial charge in [0.15, 0.2) is 0 Å². The van der Waals surface area contributed by atoms with E-state index in [9.17, 15) is 4.39 Å². The Morgan fingerprint density at radius 1 is 1.07 bits per heavy atom. The summed E-state index contributed by atoms with van der Waals surface area (Å²) in [5.74, 6) is -0.455. The van der Waals surface area contributed by atoms with Gasteiger partial charge in [-0.1, -0.05) is 36.8 Å². The van der Waals surface area contributed by atoms with E-state index in [0.29, 0.717) is 0 Å². The Morgan fingerprint density at radius 3 is 2.63 bits per heavy atom. The number of nitrogens with two attached hydrogens (primary N) is 1. The maximum atomic E-state index is 13.6. The van der Waals surface area contributed by atoms with Gasteiger partial charge in [-0.2, -0.15) is 0 Å². The fourth-order valence-electron chi connectivity index (χ4n) is 4.07. The summed E-state index contributed by atoms with van der Waals surface area (Å²) in [5.41, 5.74) is 9.13. The molecule has 0 amide bonds.